The van der Waals surface area contributed by atoms with Gasteiger partial charge in [0.15, 0.2) is 0 Å². The summed E-state index contributed by atoms with van der Waals surface area (Å²) in [5.41, 5.74) is -0.786. The molecule has 1 aromatic heterocycles. The second-order valence-corrected chi connectivity index (χ2v) is 4.61. The van der Waals surface area contributed by atoms with Crippen molar-refractivity contribution in [2.75, 3.05) is 13.7 Å². The Labute approximate surface area is 101 Å². The molecule has 2 N–H and O–H groups in total. The van der Waals surface area contributed by atoms with Crippen LogP contribution in [0.3, 0.4) is 0 Å². The van der Waals surface area contributed by atoms with E-state index in [1.54, 1.807) is 26.0 Å². The van der Waals surface area contributed by atoms with Gasteiger partial charge in [0.05, 0.1) is 18.8 Å². The summed E-state index contributed by atoms with van der Waals surface area (Å²) in [6, 6.07) is 3.21. The lowest BCUT2D eigenvalue weighted by atomic mass is 10.1. The highest BCUT2D eigenvalue weighted by molar-refractivity contribution is 5.86. The molecule has 1 atom stereocenters. The van der Waals surface area contributed by atoms with Crippen LogP contribution in [-0.2, 0) is 4.74 Å². The Morgan fingerprint density at radius 1 is 1.59 bits per heavy atom. The third kappa shape index (κ3) is 4.20. The Bertz CT molecular complexity index is 378. The van der Waals surface area contributed by atoms with Crippen LogP contribution in [0.2, 0.25) is 0 Å². The normalized spacial score (nSPS) is 13.5. The van der Waals surface area contributed by atoms with Gasteiger partial charge in [0.2, 0.25) is 5.76 Å². The van der Waals surface area contributed by atoms with Crippen LogP contribution in [0.25, 0.3) is 0 Å². The van der Waals surface area contributed by atoms with E-state index in [9.17, 15) is 9.90 Å². The fraction of sp³-hybridized carbons (Fsp3) is 0.583. The molecule has 0 bridgehead atoms. The fourth-order valence-electron chi connectivity index (χ4n) is 1.30. The highest BCUT2D eigenvalue weighted by atomic mass is 16.5. The number of esters is 1. The van der Waals surface area contributed by atoms with Crippen molar-refractivity contribution in [2.24, 2.45) is 0 Å². The smallest absolute Gasteiger partial charge is 0.373 e. The van der Waals surface area contributed by atoms with Crippen molar-refractivity contribution < 1.29 is 19.1 Å². The number of furan rings is 1. The molecule has 17 heavy (non-hydrogen) atoms. The van der Waals surface area contributed by atoms with Gasteiger partial charge in [0.25, 0.3) is 0 Å². The minimum absolute atomic E-state index is 0.0835. The lowest BCUT2D eigenvalue weighted by molar-refractivity contribution is 0.0559. The Balaban J connectivity index is 2.61. The highest BCUT2D eigenvalue weighted by Crippen LogP contribution is 2.17. The van der Waals surface area contributed by atoms with Crippen molar-refractivity contribution in [2.45, 2.75) is 32.4 Å². The minimum Gasteiger partial charge on any atom is -0.463 e. The van der Waals surface area contributed by atoms with Crippen molar-refractivity contribution >= 4 is 5.97 Å². The molecule has 0 radical (unpaired) electrons. The van der Waals surface area contributed by atoms with Crippen molar-refractivity contribution in [3.05, 3.63) is 23.7 Å². The molecule has 1 aromatic rings. The fourth-order valence-corrected chi connectivity index (χ4v) is 1.30. The molecule has 0 aliphatic heterocycles. The Kier molecular flexibility index (Phi) is 4.31. The van der Waals surface area contributed by atoms with E-state index in [2.05, 4.69) is 10.1 Å². The Morgan fingerprint density at radius 3 is 2.76 bits per heavy atom. The van der Waals surface area contributed by atoms with Gasteiger partial charge in [-0.15, -0.1) is 0 Å². The molecule has 0 aliphatic rings. The van der Waals surface area contributed by atoms with E-state index < -0.39 is 11.6 Å². The summed E-state index contributed by atoms with van der Waals surface area (Å²) < 4.78 is 9.90. The van der Waals surface area contributed by atoms with Crippen molar-refractivity contribution in [1.82, 2.24) is 5.32 Å². The van der Waals surface area contributed by atoms with Gasteiger partial charge in [-0.2, -0.15) is 0 Å². The van der Waals surface area contributed by atoms with Crippen LogP contribution in [0, 0.1) is 0 Å². The average molecular weight is 241 g/mol. The summed E-state index contributed by atoms with van der Waals surface area (Å²) in [5, 5.41) is 12.7. The summed E-state index contributed by atoms with van der Waals surface area (Å²) >= 11 is 0. The number of carbonyl (C=O) groups is 1. The van der Waals surface area contributed by atoms with Gasteiger partial charge in [0, 0.05) is 6.54 Å². The molecule has 0 amide bonds. The summed E-state index contributed by atoms with van der Waals surface area (Å²) in [6.45, 7) is 5.76. The molecule has 0 fully saturated rings. The van der Waals surface area contributed by atoms with Crippen LogP contribution in [0.1, 0.15) is 43.1 Å². The monoisotopic (exact) mass is 241 g/mol. The number of carbonyl (C=O) groups excluding carboxylic acids is 1. The average Bonchev–Trinajstić information content (AvgIpc) is 2.73. The molecule has 0 spiro atoms. The highest BCUT2D eigenvalue weighted by Gasteiger charge is 2.18. The first-order chi connectivity index (χ1) is 7.83. The molecule has 1 heterocycles. The zero-order valence-electron chi connectivity index (χ0n) is 10.6. The predicted octanol–water partition coefficient (Wildman–Crippen LogP) is 1.49. The topological polar surface area (TPSA) is 71.7 Å². The molecule has 1 rings (SSSR count). The first-order valence-electron chi connectivity index (χ1n) is 5.47. The lowest BCUT2D eigenvalue weighted by Crippen LogP contribution is -2.35. The van der Waals surface area contributed by atoms with Gasteiger partial charge >= 0.3 is 5.97 Å². The number of nitrogens with one attached hydrogen (secondary N) is 1. The first kappa shape index (κ1) is 13.7. The molecule has 0 aliphatic carbocycles. The van der Waals surface area contributed by atoms with E-state index in [1.807, 2.05) is 6.92 Å². The maximum absolute atomic E-state index is 11.2. The summed E-state index contributed by atoms with van der Waals surface area (Å²) in [5.74, 6) is 0.319. The number of hydrogen-bond donors (Lipinski definition) is 2. The first-order valence-corrected chi connectivity index (χ1v) is 5.47. The summed E-state index contributed by atoms with van der Waals surface area (Å²) in [7, 11) is 1.31. The summed E-state index contributed by atoms with van der Waals surface area (Å²) in [6.07, 6.45) is 0. The molecular weight excluding hydrogens is 222 g/mol. The molecule has 0 saturated heterocycles. The minimum atomic E-state index is -0.786. The molecule has 5 nitrogen and oxygen atoms in total. The lowest BCUT2D eigenvalue weighted by Gasteiger charge is -2.20. The Hall–Kier alpha value is -1.33. The van der Waals surface area contributed by atoms with E-state index in [0.717, 1.165) is 0 Å². The van der Waals surface area contributed by atoms with E-state index in [1.165, 1.54) is 7.11 Å². The third-order valence-electron chi connectivity index (χ3n) is 2.28. The molecule has 0 aromatic carbocycles. The second-order valence-electron chi connectivity index (χ2n) is 4.61. The van der Waals surface area contributed by atoms with E-state index in [4.69, 9.17) is 4.42 Å². The van der Waals surface area contributed by atoms with E-state index in [-0.39, 0.29) is 11.8 Å². The number of rotatable bonds is 5. The zero-order valence-corrected chi connectivity index (χ0v) is 10.6. The van der Waals surface area contributed by atoms with Crippen LogP contribution in [0.15, 0.2) is 16.5 Å². The van der Waals surface area contributed by atoms with Gasteiger partial charge in [-0.25, -0.2) is 4.79 Å². The largest absolute Gasteiger partial charge is 0.463 e. The molecule has 96 valence electrons. The van der Waals surface area contributed by atoms with Crippen LogP contribution in [0.5, 0.6) is 0 Å². The zero-order chi connectivity index (χ0) is 13.1. The summed E-state index contributed by atoms with van der Waals surface area (Å²) in [4.78, 5) is 11.2. The maximum Gasteiger partial charge on any atom is 0.373 e. The molecule has 0 saturated carbocycles. The maximum atomic E-state index is 11.2. The van der Waals surface area contributed by atoms with Gasteiger partial charge < -0.3 is 19.6 Å². The standard InChI is InChI=1S/C12H19NO4/c1-8(13-7-12(2,3)15)9-5-6-10(17-9)11(14)16-4/h5-6,8,13,15H,7H2,1-4H3. The van der Waals surface area contributed by atoms with Crippen molar-refractivity contribution in [1.29, 1.82) is 0 Å². The number of hydrogen-bond acceptors (Lipinski definition) is 5. The quantitative estimate of drug-likeness (QED) is 0.764. The predicted molar refractivity (Wildman–Crippen MR) is 62.8 cm³/mol. The van der Waals surface area contributed by atoms with Gasteiger partial charge in [0.1, 0.15) is 5.76 Å². The number of methoxy groups -OCH3 is 1. The van der Waals surface area contributed by atoms with Crippen molar-refractivity contribution in [3.63, 3.8) is 0 Å². The van der Waals surface area contributed by atoms with Gasteiger partial charge in [-0.05, 0) is 32.9 Å². The van der Waals surface area contributed by atoms with Gasteiger partial charge in [-0.3, -0.25) is 0 Å². The molecular formula is C12H19NO4. The van der Waals surface area contributed by atoms with Crippen LogP contribution < -0.4 is 5.32 Å². The van der Waals surface area contributed by atoms with E-state index in [0.29, 0.717) is 12.3 Å². The molecule has 1 unspecified atom stereocenters. The van der Waals surface area contributed by atoms with Crippen LogP contribution in [-0.4, -0.2) is 30.3 Å². The van der Waals surface area contributed by atoms with Gasteiger partial charge in [-0.1, -0.05) is 0 Å². The number of ether oxygens (including phenoxy) is 1. The second kappa shape index (κ2) is 5.33. The Morgan fingerprint density at radius 2 is 2.24 bits per heavy atom. The van der Waals surface area contributed by atoms with Crippen LogP contribution in [0.4, 0.5) is 0 Å². The SMILES string of the molecule is COC(=O)c1ccc(C(C)NCC(C)(C)O)o1. The van der Waals surface area contributed by atoms with E-state index >= 15 is 0 Å². The third-order valence-corrected chi connectivity index (χ3v) is 2.28. The van der Waals surface area contributed by atoms with Crippen LogP contribution >= 0.6 is 0 Å². The van der Waals surface area contributed by atoms with Crippen molar-refractivity contribution in [3.8, 4) is 0 Å². The molecule has 5 heteroatoms. The number of aliphatic hydroxyl groups is 1.